The molecule has 0 radical (unpaired) electrons. The van der Waals surface area contributed by atoms with Crippen LogP contribution in [-0.4, -0.2) is 36.4 Å². The Balaban J connectivity index is 1.60. The van der Waals surface area contributed by atoms with Crippen LogP contribution in [0.25, 0.3) is 0 Å². The molecule has 0 saturated carbocycles. The van der Waals surface area contributed by atoms with Gasteiger partial charge < -0.3 is 15.1 Å². The van der Waals surface area contributed by atoms with Crippen LogP contribution in [0.2, 0.25) is 0 Å². The normalized spacial score (nSPS) is 16.4. The van der Waals surface area contributed by atoms with Gasteiger partial charge >= 0.3 is 0 Å². The lowest BCUT2D eigenvalue weighted by atomic mass is 10.1. The zero-order valence-electron chi connectivity index (χ0n) is 15.9. The first-order valence-electron chi connectivity index (χ1n) is 9.45. The number of hydrogen-bond donors (Lipinski definition) is 1. The molecule has 1 saturated heterocycles. The van der Waals surface area contributed by atoms with E-state index in [2.05, 4.69) is 29.0 Å². The van der Waals surface area contributed by atoms with Crippen LogP contribution in [0, 0.1) is 5.92 Å². The number of rotatable bonds is 7. The fourth-order valence-corrected chi connectivity index (χ4v) is 3.39. The fraction of sp³-hybridized carbons (Fsp3) is 0.381. The predicted molar refractivity (Wildman–Crippen MR) is 107 cm³/mol. The highest BCUT2D eigenvalue weighted by Gasteiger charge is 2.35. The number of hydrogen-bond acceptors (Lipinski definition) is 4. The Morgan fingerprint density at radius 2 is 1.93 bits per heavy atom. The van der Waals surface area contributed by atoms with Gasteiger partial charge in [0.25, 0.3) is 0 Å². The molecule has 6 heteroatoms. The Hall–Kier alpha value is -2.89. The van der Waals surface area contributed by atoms with Gasteiger partial charge in [0.05, 0.1) is 18.2 Å². The highest BCUT2D eigenvalue weighted by atomic mass is 16.2. The Bertz CT molecular complexity index is 773. The van der Waals surface area contributed by atoms with Crippen molar-refractivity contribution in [2.24, 2.45) is 5.92 Å². The van der Waals surface area contributed by atoms with Gasteiger partial charge in [0.1, 0.15) is 0 Å². The second-order valence-electron chi connectivity index (χ2n) is 6.63. The fourth-order valence-electron chi connectivity index (χ4n) is 3.39. The van der Waals surface area contributed by atoms with Crippen LogP contribution in [0.3, 0.4) is 0 Å². The zero-order valence-corrected chi connectivity index (χ0v) is 15.9. The van der Waals surface area contributed by atoms with Crippen molar-refractivity contribution < 1.29 is 9.59 Å². The van der Waals surface area contributed by atoms with E-state index in [4.69, 9.17) is 0 Å². The van der Waals surface area contributed by atoms with Crippen molar-refractivity contribution in [3.8, 4) is 0 Å². The van der Waals surface area contributed by atoms with Crippen molar-refractivity contribution in [1.82, 2.24) is 10.3 Å². The number of anilines is 2. The summed E-state index contributed by atoms with van der Waals surface area (Å²) in [6, 6.07) is 13.6. The average Bonchev–Trinajstić information content (AvgIpc) is 3.10. The lowest BCUT2D eigenvalue weighted by Gasteiger charge is -2.22. The molecule has 2 amide bonds. The summed E-state index contributed by atoms with van der Waals surface area (Å²) in [6.07, 6.45) is 1.94. The summed E-state index contributed by atoms with van der Waals surface area (Å²) in [5.74, 6) is -0.441. The Morgan fingerprint density at radius 3 is 2.56 bits per heavy atom. The van der Waals surface area contributed by atoms with E-state index < -0.39 is 0 Å². The van der Waals surface area contributed by atoms with Gasteiger partial charge in [-0.1, -0.05) is 6.07 Å². The maximum absolute atomic E-state index is 12.4. The van der Waals surface area contributed by atoms with Crippen molar-refractivity contribution in [3.05, 3.63) is 54.4 Å². The quantitative estimate of drug-likeness (QED) is 0.818. The van der Waals surface area contributed by atoms with Crippen LogP contribution in [0.4, 0.5) is 11.4 Å². The highest BCUT2D eigenvalue weighted by Crippen LogP contribution is 2.27. The minimum absolute atomic E-state index is 0.0106. The van der Waals surface area contributed by atoms with Gasteiger partial charge in [-0.15, -0.1) is 0 Å². The van der Waals surface area contributed by atoms with Crippen molar-refractivity contribution in [2.45, 2.75) is 26.8 Å². The molecule has 0 spiro atoms. The Morgan fingerprint density at radius 1 is 1.19 bits per heavy atom. The van der Waals surface area contributed by atoms with Gasteiger partial charge in [0.2, 0.25) is 11.8 Å². The molecule has 1 fully saturated rings. The summed E-state index contributed by atoms with van der Waals surface area (Å²) in [4.78, 5) is 33.0. The molecule has 1 N–H and O–H groups in total. The maximum Gasteiger partial charge on any atom is 0.227 e. The minimum Gasteiger partial charge on any atom is -0.372 e. The van der Waals surface area contributed by atoms with Gasteiger partial charge in [-0.2, -0.15) is 0 Å². The Kier molecular flexibility index (Phi) is 6.06. The molecule has 0 bridgehead atoms. The monoisotopic (exact) mass is 366 g/mol. The number of nitrogens with one attached hydrogen (secondary N) is 1. The van der Waals surface area contributed by atoms with Crippen LogP contribution in [0.15, 0.2) is 48.7 Å². The summed E-state index contributed by atoms with van der Waals surface area (Å²) in [5.41, 5.74) is 2.79. The molecule has 1 aromatic carbocycles. The van der Waals surface area contributed by atoms with Gasteiger partial charge in [-0.25, -0.2) is 0 Å². The number of amides is 2. The second kappa shape index (κ2) is 8.66. The predicted octanol–water partition coefficient (Wildman–Crippen LogP) is 2.60. The number of carbonyl (C=O) groups is 2. The molecule has 142 valence electrons. The molecule has 1 aliphatic rings. The van der Waals surface area contributed by atoms with E-state index in [0.29, 0.717) is 13.1 Å². The van der Waals surface area contributed by atoms with Crippen LogP contribution in [0.5, 0.6) is 0 Å². The SMILES string of the molecule is CCN(CC)c1ccc(N2CC(C(=O)NCc3ccccn3)CC2=O)cc1. The molecule has 1 aliphatic heterocycles. The van der Waals surface area contributed by atoms with E-state index in [1.165, 1.54) is 0 Å². The van der Waals surface area contributed by atoms with E-state index >= 15 is 0 Å². The van der Waals surface area contributed by atoms with Crippen molar-refractivity contribution in [2.75, 3.05) is 29.4 Å². The van der Waals surface area contributed by atoms with Gasteiger partial charge in [0, 0.05) is 43.6 Å². The number of aromatic nitrogens is 1. The lowest BCUT2D eigenvalue weighted by molar-refractivity contribution is -0.126. The lowest BCUT2D eigenvalue weighted by Crippen LogP contribution is -2.32. The summed E-state index contributed by atoms with van der Waals surface area (Å²) >= 11 is 0. The molecule has 1 atom stereocenters. The molecule has 0 aliphatic carbocycles. The first-order chi connectivity index (χ1) is 13.1. The third kappa shape index (κ3) is 4.45. The van der Waals surface area contributed by atoms with Gasteiger partial charge in [-0.3, -0.25) is 14.6 Å². The van der Waals surface area contributed by atoms with Gasteiger partial charge in [0.15, 0.2) is 0 Å². The largest absolute Gasteiger partial charge is 0.372 e. The first-order valence-corrected chi connectivity index (χ1v) is 9.45. The number of carbonyl (C=O) groups excluding carboxylic acids is 2. The minimum atomic E-state index is -0.330. The average molecular weight is 366 g/mol. The second-order valence-corrected chi connectivity index (χ2v) is 6.63. The third-order valence-electron chi connectivity index (χ3n) is 4.96. The number of pyridine rings is 1. The maximum atomic E-state index is 12.4. The molecule has 1 unspecified atom stereocenters. The number of benzene rings is 1. The molecule has 6 nitrogen and oxygen atoms in total. The summed E-state index contributed by atoms with van der Waals surface area (Å²) in [7, 11) is 0. The molecule has 1 aromatic heterocycles. The smallest absolute Gasteiger partial charge is 0.227 e. The van der Waals surface area contributed by atoms with Crippen LogP contribution < -0.4 is 15.1 Å². The van der Waals surface area contributed by atoms with Crippen LogP contribution >= 0.6 is 0 Å². The zero-order chi connectivity index (χ0) is 19.2. The summed E-state index contributed by atoms with van der Waals surface area (Å²) < 4.78 is 0. The summed E-state index contributed by atoms with van der Waals surface area (Å²) in [6.45, 7) is 6.92. The van der Waals surface area contributed by atoms with Crippen molar-refractivity contribution in [3.63, 3.8) is 0 Å². The molecule has 2 heterocycles. The first kappa shape index (κ1) is 18.9. The van der Waals surface area contributed by atoms with Crippen molar-refractivity contribution in [1.29, 1.82) is 0 Å². The van der Waals surface area contributed by atoms with E-state index in [-0.39, 0.29) is 24.2 Å². The van der Waals surface area contributed by atoms with E-state index in [1.54, 1.807) is 11.1 Å². The molecular weight excluding hydrogens is 340 g/mol. The van der Waals surface area contributed by atoms with Crippen LogP contribution in [0.1, 0.15) is 26.0 Å². The highest BCUT2D eigenvalue weighted by molar-refractivity contribution is 6.00. The molecule has 3 rings (SSSR count). The van der Waals surface area contributed by atoms with E-state index in [1.807, 2.05) is 42.5 Å². The van der Waals surface area contributed by atoms with E-state index in [9.17, 15) is 9.59 Å². The van der Waals surface area contributed by atoms with E-state index in [0.717, 1.165) is 30.2 Å². The Labute approximate surface area is 160 Å². The van der Waals surface area contributed by atoms with Gasteiger partial charge in [-0.05, 0) is 50.2 Å². The summed E-state index contributed by atoms with van der Waals surface area (Å²) in [5, 5.41) is 2.89. The topological polar surface area (TPSA) is 65.5 Å². The molecule has 2 aromatic rings. The third-order valence-corrected chi connectivity index (χ3v) is 4.96. The molecule has 27 heavy (non-hydrogen) atoms. The van der Waals surface area contributed by atoms with Crippen LogP contribution in [-0.2, 0) is 16.1 Å². The van der Waals surface area contributed by atoms with Crippen molar-refractivity contribution >= 4 is 23.2 Å². The standard InChI is InChI=1S/C21H26N4O2/c1-3-24(4-2)18-8-10-19(11-9-18)25-15-16(13-20(25)26)21(27)23-14-17-7-5-6-12-22-17/h5-12,16H,3-4,13-15H2,1-2H3,(H,23,27). The number of nitrogens with zero attached hydrogens (tertiary/aromatic N) is 3. The molecular formula is C21H26N4O2.